The second-order valence-electron chi connectivity index (χ2n) is 4.09. The quantitative estimate of drug-likeness (QED) is 0.717. The van der Waals surface area contributed by atoms with Crippen LogP contribution in [0.3, 0.4) is 0 Å². The average Bonchev–Trinajstić information content (AvgIpc) is 2.20. The number of aliphatic hydroxyl groups is 1. The van der Waals surface area contributed by atoms with E-state index in [9.17, 15) is 5.11 Å². The lowest BCUT2D eigenvalue weighted by Gasteiger charge is -2.31. The summed E-state index contributed by atoms with van der Waals surface area (Å²) < 4.78 is 0. The SMILES string of the molecule is CCC(CC#N)NC1CCCCC1O. The molecule has 1 aliphatic rings. The van der Waals surface area contributed by atoms with Crippen LogP contribution in [-0.4, -0.2) is 23.3 Å². The van der Waals surface area contributed by atoms with Gasteiger partial charge < -0.3 is 10.4 Å². The van der Waals surface area contributed by atoms with Crippen LogP contribution in [0, 0.1) is 11.3 Å². The van der Waals surface area contributed by atoms with Gasteiger partial charge in [-0.1, -0.05) is 19.8 Å². The molecule has 3 atom stereocenters. The van der Waals surface area contributed by atoms with Gasteiger partial charge in [0.2, 0.25) is 0 Å². The first-order valence-corrected chi connectivity index (χ1v) is 5.59. The molecular formula is C11H20N2O. The van der Waals surface area contributed by atoms with Gasteiger partial charge in [-0.2, -0.15) is 5.26 Å². The molecule has 1 saturated carbocycles. The van der Waals surface area contributed by atoms with Crippen LogP contribution in [-0.2, 0) is 0 Å². The molecule has 0 bridgehead atoms. The third kappa shape index (κ3) is 3.28. The molecule has 3 heteroatoms. The number of nitrogens with one attached hydrogen (secondary N) is 1. The van der Waals surface area contributed by atoms with Crippen LogP contribution in [0.25, 0.3) is 0 Å². The maximum Gasteiger partial charge on any atom is 0.0693 e. The van der Waals surface area contributed by atoms with Gasteiger partial charge in [0.25, 0.3) is 0 Å². The van der Waals surface area contributed by atoms with E-state index >= 15 is 0 Å². The van der Waals surface area contributed by atoms with E-state index in [4.69, 9.17) is 5.26 Å². The number of hydrogen-bond donors (Lipinski definition) is 2. The largest absolute Gasteiger partial charge is 0.392 e. The van der Waals surface area contributed by atoms with Crippen molar-refractivity contribution in [3.63, 3.8) is 0 Å². The van der Waals surface area contributed by atoms with E-state index in [1.54, 1.807) is 0 Å². The van der Waals surface area contributed by atoms with Crippen molar-refractivity contribution in [1.82, 2.24) is 5.32 Å². The Morgan fingerprint density at radius 2 is 2.21 bits per heavy atom. The van der Waals surface area contributed by atoms with Gasteiger partial charge in [0.05, 0.1) is 18.6 Å². The molecule has 1 rings (SSSR count). The number of hydrogen-bond acceptors (Lipinski definition) is 3. The topological polar surface area (TPSA) is 56.0 Å². The minimum Gasteiger partial charge on any atom is -0.392 e. The molecule has 0 saturated heterocycles. The zero-order valence-corrected chi connectivity index (χ0v) is 8.87. The zero-order chi connectivity index (χ0) is 10.4. The molecule has 0 heterocycles. The molecule has 1 aliphatic carbocycles. The highest BCUT2D eigenvalue weighted by molar-refractivity contribution is 4.87. The van der Waals surface area contributed by atoms with Gasteiger partial charge in [-0.3, -0.25) is 0 Å². The molecule has 0 aromatic carbocycles. The number of nitriles is 1. The summed E-state index contributed by atoms with van der Waals surface area (Å²) in [6.45, 7) is 2.07. The summed E-state index contributed by atoms with van der Waals surface area (Å²) in [6.07, 6.45) is 5.56. The fourth-order valence-electron chi connectivity index (χ4n) is 2.04. The highest BCUT2D eigenvalue weighted by atomic mass is 16.3. The molecule has 0 aromatic rings. The Balaban J connectivity index is 2.36. The molecule has 2 N–H and O–H groups in total. The van der Waals surface area contributed by atoms with Crippen molar-refractivity contribution >= 4 is 0 Å². The summed E-state index contributed by atoms with van der Waals surface area (Å²) in [7, 11) is 0. The van der Waals surface area contributed by atoms with Crippen molar-refractivity contribution in [2.24, 2.45) is 0 Å². The predicted octanol–water partition coefficient (Wildman–Crippen LogP) is 1.57. The monoisotopic (exact) mass is 196 g/mol. The molecule has 3 nitrogen and oxygen atoms in total. The third-order valence-corrected chi connectivity index (χ3v) is 3.01. The fraction of sp³-hybridized carbons (Fsp3) is 0.909. The summed E-state index contributed by atoms with van der Waals surface area (Å²) in [6, 6.07) is 2.64. The lowest BCUT2D eigenvalue weighted by Crippen LogP contribution is -2.46. The van der Waals surface area contributed by atoms with E-state index in [1.165, 1.54) is 6.42 Å². The van der Waals surface area contributed by atoms with Gasteiger partial charge in [-0.15, -0.1) is 0 Å². The van der Waals surface area contributed by atoms with Crippen LogP contribution in [0.15, 0.2) is 0 Å². The van der Waals surface area contributed by atoms with Crippen LogP contribution < -0.4 is 5.32 Å². The van der Waals surface area contributed by atoms with Gasteiger partial charge in [0, 0.05) is 12.1 Å². The summed E-state index contributed by atoms with van der Waals surface area (Å²) in [5, 5.41) is 21.7. The molecular weight excluding hydrogens is 176 g/mol. The molecule has 0 aliphatic heterocycles. The molecule has 0 aromatic heterocycles. The standard InChI is InChI=1S/C11H20N2O/c1-2-9(7-8-12)13-10-5-3-4-6-11(10)14/h9-11,13-14H,2-7H2,1H3. The first-order chi connectivity index (χ1) is 6.77. The van der Waals surface area contributed by atoms with Gasteiger partial charge in [-0.25, -0.2) is 0 Å². The van der Waals surface area contributed by atoms with Crippen LogP contribution in [0.1, 0.15) is 45.4 Å². The Morgan fingerprint density at radius 3 is 2.79 bits per heavy atom. The molecule has 0 spiro atoms. The van der Waals surface area contributed by atoms with E-state index < -0.39 is 0 Å². The molecule has 0 radical (unpaired) electrons. The second kappa shape index (κ2) is 6.00. The molecule has 3 unspecified atom stereocenters. The van der Waals surface area contributed by atoms with E-state index in [2.05, 4.69) is 18.3 Å². The highest BCUT2D eigenvalue weighted by Gasteiger charge is 2.24. The zero-order valence-electron chi connectivity index (χ0n) is 8.87. The van der Waals surface area contributed by atoms with Crippen molar-refractivity contribution < 1.29 is 5.11 Å². The molecule has 80 valence electrons. The van der Waals surface area contributed by atoms with Crippen LogP contribution in [0.2, 0.25) is 0 Å². The van der Waals surface area contributed by atoms with Gasteiger partial charge in [0.15, 0.2) is 0 Å². The minimum atomic E-state index is -0.212. The Morgan fingerprint density at radius 1 is 1.50 bits per heavy atom. The molecule has 14 heavy (non-hydrogen) atoms. The van der Waals surface area contributed by atoms with E-state index in [-0.39, 0.29) is 18.2 Å². The predicted molar refractivity (Wildman–Crippen MR) is 55.7 cm³/mol. The van der Waals surface area contributed by atoms with Crippen molar-refractivity contribution in [2.45, 2.75) is 63.6 Å². The molecule has 0 amide bonds. The Hall–Kier alpha value is -0.590. The lowest BCUT2D eigenvalue weighted by atomic mass is 9.91. The number of aliphatic hydroxyl groups excluding tert-OH is 1. The lowest BCUT2D eigenvalue weighted by molar-refractivity contribution is 0.0847. The smallest absolute Gasteiger partial charge is 0.0693 e. The maximum atomic E-state index is 9.74. The minimum absolute atomic E-state index is 0.210. The highest BCUT2D eigenvalue weighted by Crippen LogP contribution is 2.19. The average molecular weight is 196 g/mol. The Bertz CT molecular complexity index is 200. The van der Waals surface area contributed by atoms with Gasteiger partial charge >= 0.3 is 0 Å². The van der Waals surface area contributed by atoms with E-state index in [0.717, 1.165) is 25.7 Å². The van der Waals surface area contributed by atoms with Crippen LogP contribution in [0.4, 0.5) is 0 Å². The van der Waals surface area contributed by atoms with Crippen molar-refractivity contribution in [2.75, 3.05) is 0 Å². The van der Waals surface area contributed by atoms with Crippen molar-refractivity contribution in [3.8, 4) is 6.07 Å². The van der Waals surface area contributed by atoms with Crippen molar-refractivity contribution in [3.05, 3.63) is 0 Å². The van der Waals surface area contributed by atoms with E-state index in [0.29, 0.717) is 6.42 Å². The number of rotatable bonds is 4. The number of nitrogens with zero attached hydrogens (tertiary/aromatic N) is 1. The molecule has 1 fully saturated rings. The summed E-state index contributed by atoms with van der Waals surface area (Å²) in [5.41, 5.74) is 0. The summed E-state index contributed by atoms with van der Waals surface area (Å²) in [5.74, 6) is 0. The summed E-state index contributed by atoms with van der Waals surface area (Å²) >= 11 is 0. The normalized spacial score (nSPS) is 29.5. The third-order valence-electron chi connectivity index (χ3n) is 3.01. The van der Waals surface area contributed by atoms with Gasteiger partial charge in [0.1, 0.15) is 0 Å². The fourth-order valence-corrected chi connectivity index (χ4v) is 2.04. The van der Waals surface area contributed by atoms with Gasteiger partial charge in [-0.05, 0) is 19.3 Å². The Kier molecular flexibility index (Phi) is 4.92. The van der Waals surface area contributed by atoms with Crippen LogP contribution >= 0.6 is 0 Å². The first kappa shape index (κ1) is 11.5. The summed E-state index contributed by atoms with van der Waals surface area (Å²) in [4.78, 5) is 0. The maximum absolute atomic E-state index is 9.74. The first-order valence-electron chi connectivity index (χ1n) is 5.59. The Labute approximate surface area is 86.1 Å². The van der Waals surface area contributed by atoms with Crippen molar-refractivity contribution in [1.29, 1.82) is 5.26 Å². The second-order valence-corrected chi connectivity index (χ2v) is 4.09. The van der Waals surface area contributed by atoms with Crippen LogP contribution in [0.5, 0.6) is 0 Å². The van der Waals surface area contributed by atoms with E-state index in [1.807, 2.05) is 0 Å².